The van der Waals surface area contributed by atoms with Crippen LogP contribution in [0.15, 0.2) is 0 Å². The molecule has 0 saturated carbocycles. The molecule has 0 saturated heterocycles. The van der Waals surface area contributed by atoms with Crippen LogP contribution in [0, 0.1) is 0 Å². The van der Waals surface area contributed by atoms with Gasteiger partial charge in [-0.3, -0.25) is 0 Å². The Bertz CT molecular complexity index is 368. The van der Waals surface area contributed by atoms with E-state index < -0.39 is 0 Å². The summed E-state index contributed by atoms with van der Waals surface area (Å²) in [6.07, 6.45) is 50.5. The summed E-state index contributed by atoms with van der Waals surface area (Å²) < 4.78 is 3.35. The van der Waals surface area contributed by atoms with E-state index in [2.05, 4.69) is 20.0 Å². The van der Waals surface area contributed by atoms with Gasteiger partial charge in [-0.1, -0.05) is 78.1 Å². The molecule has 3 heteroatoms. The van der Waals surface area contributed by atoms with E-state index in [9.17, 15) is 0 Å². The first kappa shape index (κ1) is 40.9. The van der Waals surface area contributed by atoms with Gasteiger partial charge in [-0.05, 0) is 0 Å². The van der Waals surface area contributed by atoms with Crippen LogP contribution in [0.3, 0.4) is 0 Å². The molecule has 0 aliphatic heterocycles. The van der Waals surface area contributed by atoms with Crippen molar-refractivity contribution >= 4 is 45.6 Å². The average Bonchev–Trinajstić information content (AvgIpc) is 2.95. The first-order valence-corrected chi connectivity index (χ1v) is 30.4. The third-order valence-corrected chi connectivity index (χ3v) is 33.7. The van der Waals surface area contributed by atoms with E-state index in [0.717, 1.165) is 0 Å². The van der Waals surface area contributed by atoms with Gasteiger partial charge >= 0.3 is 196 Å². The molecule has 0 atom stereocenters. The summed E-state index contributed by atoms with van der Waals surface area (Å²) in [7, 11) is 0. The molecule has 39 heavy (non-hydrogen) atoms. The second kappa shape index (κ2) is 39.9. The van der Waals surface area contributed by atoms with Crippen molar-refractivity contribution in [3.05, 3.63) is 0 Å². The van der Waals surface area contributed by atoms with E-state index in [-0.39, 0.29) is 39.5 Å². The Labute approximate surface area is 271 Å². The summed E-state index contributed by atoms with van der Waals surface area (Å²) in [6, 6.07) is 0. The van der Waals surface area contributed by atoms with Crippen molar-refractivity contribution in [1.29, 1.82) is 0 Å². The van der Waals surface area contributed by atoms with Gasteiger partial charge in [-0.25, -0.2) is 0 Å². The van der Waals surface area contributed by atoms with E-state index in [1.54, 1.807) is 34.6 Å². The van der Waals surface area contributed by atoms with Crippen LogP contribution in [0.4, 0.5) is 0 Å². The number of unbranched alkanes of at least 4 members (excludes halogenated alkanes) is 30. The predicted octanol–water partition coefficient (Wildman–Crippen LogP) is 14.3. The van der Waals surface area contributed by atoms with E-state index in [4.69, 9.17) is 0 Å². The van der Waals surface area contributed by atoms with Gasteiger partial charge in [0.15, 0.2) is 0 Å². The zero-order valence-electron chi connectivity index (χ0n) is 27.4. The quantitative estimate of drug-likeness (QED) is 0.0451. The van der Waals surface area contributed by atoms with Crippen LogP contribution < -0.4 is 0 Å². The van der Waals surface area contributed by atoms with Crippen molar-refractivity contribution in [1.82, 2.24) is 0 Å². The minimum absolute atomic E-state index is 0.000921. The maximum absolute atomic E-state index is 2.57. The Morgan fingerprint density at radius 3 is 0.641 bits per heavy atom. The molecule has 0 aromatic rings. The predicted molar refractivity (Wildman–Crippen MR) is 188 cm³/mol. The molecule has 0 nitrogen and oxygen atoms in total. The van der Waals surface area contributed by atoms with Crippen LogP contribution in [0.2, 0.25) is 8.87 Å². The fourth-order valence-electron chi connectivity index (χ4n) is 5.64. The van der Waals surface area contributed by atoms with Crippen LogP contribution >= 0.6 is 6.13 Å². The third-order valence-electron chi connectivity index (χ3n) is 8.41. The van der Waals surface area contributed by atoms with Gasteiger partial charge in [-0.15, -0.1) is 0 Å². The van der Waals surface area contributed by atoms with Gasteiger partial charge in [0, 0.05) is 0 Å². The van der Waals surface area contributed by atoms with E-state index >= 15 is 0 Å². The standard InChI is InChI=1S/2C18H37.S.2Sn/c2*1-3-5-7-9-11-13-15-17-18-16-14-12-10-8-6-4-2;;;/h2*1,3-18H2,2H3;;;. The molecule has 0 aliphatic carbocycles. The monoisotopic (exact) mass is 778 g/mol. The Hall–Kier alpha value is 1.95. The normalized spacial score (nSPS) is 11.5. The van der Waals surface area contributed by atoms with Gasteiger partial charge in [0.1, 0.15) is 0 Å². The zero-order valence-corrected chi connectivity index (χ0v) is 34.0. The van der Waals surface area contributed by atoms with Gasteiger partial charge < -0.3 is 0 Å². The van der Waals surface area contributed by atoms with Crippen LogP contribution in [0.5, 0.6) is 0 Å². The topological polar surface area (TPSA) is 0 Å². The van der Waals surface area contributed by atoms with Gasteiger partial charge in [0.2, 0.25) is 0 Å². The molecule has 0 rings (SSSR count). The van der Waals surface area contributed by atoms with Crippen molar-refractivity contribution in [2.24, 2.45) is 0 Å². The Balaban J connectivity index is 3.01. The average molecular weight is 776 g/mol. The summed E-state index contributed by atoms with van der Waals surface area (Å²) >= 11 is -0.00184. The molecule has 0 fully saturated rings. The molecule has 0 spiro atoms. The van der Waals surface area contributed by atoms with E-state index in [0.29, 0.717) is 0 Å². The van der Waals surface area contributed by atoms with Crippen molar-refractivity contribution in [3.63, 3.8) is 0 Å². The van der Waals surface area contributed by atoms with Gasteiger partial charge in [0.25, 0.3) is 0 Å². The smallest absolute Gasteiger partial charge is 0.0654 e. The summed E-state index contributed by atoms with van der Waals surface area (Å²) in [5, 5.41) is 0. The summed E-state index contributed by atoms with van der Waals surface area (Å²) in [4.78, 5) is 0. The molecule has 0 heterocycles. The summed E-state index contributed by atoms with van der Waals surface area (Å²) in [5.74, 6) is 0. The van der Waals surface area contributed by atoms with E-state index in [1.807, 2.05) is 0 Å². The fraction of sp³-hybridized carbons (Fsp3) is 1.00. The molecule has 0 aromatic carbocycles. The second-order valence-electron chi connectivity index (χ2n) is 12.5. The first-order valence-electron chi connectivity index (χ1n) is 18.5. The van der Waals surface area contributed by atoms with Crippen LogP contribution in [0.25, 0.3) is 0 Å². The molecule has 0 amide bonds. The SMILES string of the molecule is CCCCCCCCCCCCCCCCC[CH2][Sn][S][Sn][CH2]CCCCCCCCCCCCCCCCC. The van der Waals surface area contributed by atoms with Crippen molar-refractivity contribution in [2.75, 3.05) is 0 Å². The minimum Gasteiger partial charge on any atom is -0.0654 e. The molecular formula is C36H74SSn2. The molecule has 0 unspecified atom stereocenters. The van der Waals surface area contributed by atoms with Crippen LogP contribution in [-0.4, -0.2) is 39.5 Å². The van der Waals surface area contributed by atoms with Crippen molar-refractivity contribution in [3.8, 4) is 0 Å². The molecule has 0 bridgehead atoms. The number of hydrogen-bond acceptors (Lipinski definition) is 1. The fourth-order valence-corrected chi connectivity index (χ4v) is 30.3. The molecule has 0 N–H and O–H groups in total. The third kappa shape index (κ3) is 39.9. The van der Waals surface area contributed by atoms with Crippen LogP contribution in [-0.2, 0) is 0 Å². The summed E-state index contributed by atoms with van der Waals surface area (Å²) in [5.41, 5.74) is 0. The maximum atomic E-state index is 2.57. The van der Waals surface area contributed by atoms with Crippen LogP contribution in [0.1, 0.15) is 219 Å². The first-order chi connectivity index (χ1) is 19.4. The Kier molecular flexibility index (Phi) is 41.9. The van der Waals surface area contributed by atoms with Gasteiger partial charge in [0.05, 0.1) is 0 Å². The zero-order chi connectivity index (χ0) is 28.2. The van der Waals surface area contributed by atoms with Crippen molar-refractivity contribution in [2.45, 2.75) is 228 Å². The van der Waals surface area contributed by atoms with Crippen molar-refractivity contribution < 1.29 is 0 Å². The molecule has 232 valence electrons. The Morgan fingerprint density at radius 2 is 0.436 bits per heavy atom. The minimum atomic E-state index is -0.000921. The van der Waals surface area contributed by atoms with Gasteiger partial charge in [-0.2, -0.15) is 0 Å². The summed E-state index contributed by atoms with van der Waals surface area (Å²) in [6.45, 7) is 4.62. The number of hydrogen-bond donors (Lipinski definition) is 0. The number of rotatable bonds is 36. The molecule has 0 aliphatic rings. The molecule has 0 aromatic heterocycles. The Morgan fingerprint density at radius 1 is 0.256 bits per heavy atom. The van der Waals surface area contributed by atoms with E-state index in [1.165, 1.54) is 180 Å². The molecule has 4 radical (unpaired) electrons. The second-order valence-corrected chi connectivity index (χ2v) is 34.5. The molecular weight excluding hydrogens is 702 g/mol.